The van der Waals surface area contributed by atoms with Gasteiger partial charge in [-0.25, -0.2) is 0 Å². The molecule has 1 aliphatic rings. The standard InChI is InChI=1S/C17H22F3N3O2/c1-9(2)15(11-4-6-12(7-5-11)17(18,19)20)23-16(25)13-8-14(24)22-10(3)21-13/h4-7,9-10,13,15,21H,8H2,1-3H3,(H,22,24)(H,23,25)/t10?,13?,15-/m0/s1. The fourth-order valence-corrected chi connectivity index (χ4v) is 2.82. The van der Waals surface area contributed by atoms with Crippen LogP contribution in [0.2, 0.25) is 0 Å². The molecule has 2 unspecified atom stereocenters. The van der Waals surface area contributed by atoms with E-state index in [1.54, 1.807) is 6.92 Å². The molecular weight excluding hydrogens is 335 g/mol. The molecule has 1 aromatic rings. The highest BCUT2D eigenvalue weighted by Crippen LogP contribution is 2.31. The Bertz CT molecular complexity index is 629. The number of benzene rings is 1. The van der Waals surface area contributed by atoms with Crippen LogP contribution in [0.5, 0.6) is 0 Å². The number of alkyl halides is 3. The van der Waals surface area contributed by atoms with Crippen molar-refractivity contribution in [1.29, 1.82) is 0 Å². The van der Waals surface area contributed by atoms with Crippen LogP contribution in [0.4, 0.5) is 13.2 Å². The second-order valence-corrected chi connectivity index (χ2v) is 6.56. The number of carbonyl (C=O) groups is 2. The van der Waals surface area contributed by atoms with Crippen molar-refractivity contribution in [2.75, 3.05) is 0 Å². The summed E-state index contributed by atoms with van der Waals surface area (Å²) in [5, 5.41) is 8.47. The molecule has 8 heteroatoms. The molecule has 3 N–H and O–H groups in total. The lowest BCUT2D eigenvalue weighted by atomic mass is 9.94. The van der Waals surface area contributed by atoms with Gasteiger partial charge in [-0.15, -0.1) is 0 Å². The largest absolute Gasteiger partial charge is 0.416 e. The predicted molar refractivity (Wildman–Crippen MR) is 86.3 cm³/mol. The quantitative estimate of drug-likeness (QED) is 0.775. The maximum atomic E-state index is 12.7. The molecule has 1 aromatic carbocycles. The summed E-state index contributed by atoms with van der Waals surface area (Å²) in [6, 6.07) is 3.64. The van der Waals surface area contributed by atoms with Crippen LogP contribution in [-0.2, 0) is 15.8 Å². The van der Waals surface area contributed by atoms with Crippen molar-refractivity contribution < 1.29 is 22.8 Å². The Hall–Kier alpha value is -2.09. The molecule has 138 valence electrons. The lowest BCUT2D eigenvalue weighted by Gasteiger charge is -2.31. The van der Waals surface area contributed by atoms with Gasteiger partial charge in [0, 0.05) is 0 Å². The zero-order chi connectivity index (χ0) is 18.8. The molecule has 0 spiro atoms. The fraction of sp³-hybridized carbons (Fsp3) is 0.529. The minimum Gasteiger partial charge on any atom is -0.348 e. The van der Waals surface area contributed by atoms with Crippen molar-refractivity contribution in [3.8, 4) is 0 Å². The first-order valence-corrected chi connectivity index (χ1v) is 8.11. The maximum absolute atomic E-state index is 12.7. The average molecular weight is 357 g/mol. The number of amides is 2. The third-order valence-electron chi connectivity index (χ3n) is 4.10. The van der Waals surface area contributed by atoms with Gasteiger partial charge in [0.1, 0.15) is 0 Å². The van der Waals surface area contributed by atoms with Crippen molar-refractivity contribution in [1.82, 2.24) is 16.0 Å². The van der Waals surface area contributed by atoms with Crippen LogP contribution < -0.4 is 16.0 Å². The number of halogens is 3. The molecule has 0 aromatic heterocycles. The first-order chi connectivity index (χ1) is 11.6. The topological polar surface area (TPSA) is 70.2 Å². The van der Waals surface area contributed by atoms with Crippen molar-refractivity contribution in [2.45, 2.75) is 51.6 Å². The van der Waals surface area contributed by atoms with E-state index in [0.717, 1.165) is 12.1 Å². The van der Waals surface area contributed by atoms with Crippen molar-refractivity contribution in [3.05, 3.63) is 35.4 Å². The molecule has 25 heavy (non-hydrogen) atoms. The third-order valence-corrected chi connectivity index (χ3v) is 4.10. The Labute approximate surface area is 144 Å². The van der Waals surface area contributed by atoms with E-state index in [1.165, 1.54) is 12.1 Å². The minimum absolute atomic E-state index is 0.0218. The predicted octanol–water partition coefficient (Wildman–Crippen LogP) is 2.34. The molecule has 0 aliphatic carbocycles. The number of hydrogen-bond donors (Lipinski definition) is 3. The summed E-state index contributed by atoms with van der Waals surface area (Å²) in [4.78, 5) is 24.0. The lowest BCUT2D eigenvalue weighted by Crippen LogP contribution is -2.59. The second-order valence-electron chi connectivity index (χ2n) is 6.56. The molecule has 5 nitrogen and oxygen atoms in total. The molecule has 0 saturated carbocycles. The van der Waals surface area contributed by atoms with E-state index in [9.17, 15) is 22.8 Å². The molecular formula is C17H22F3N3O2. The summed E-state index contributed by atoms with van der Waals surface area (Å²) in [6.45, 7) is 5.46. The SMILES string of the molecule is CC1NC(=O)CC(C(=O)N[C@H](c2ccc(C(F)(F)F)cc2)C(C)C)N1. The average Bonchev–Trinajstić information content (AvgIpc) is 2.50. The minimum atomic E-state index is -4.40. The maximum Gasteiger partial charge on any atom is 0.416 e. The second kappa shape index (κ2) is 7.43. The highest BCUT2D eigenvalue weighted by molar-refractivity contribution is 5.89. The lowest BCUT2D eigenvalue weighted by molar-refractivity contribution is -0.137. The van der Waals surface area contributed by atoms with Crippen molar-refractivity contribution >= 4 is 11.8 Å². The number of nitrogens with one attached hydrogen (secondary N) is 3. The highest BCUT2D eigenvalue weighted by atomic mass is 19.4. The van der Waals surface area contributed by atoms with Gasteiger partial charge in [-0.1, -0.05) is 26.0 Å². The van der Waals surface area contributed by atoms with E-state index in [1.807, 2.05) is 13.8 Å². The van der Waals surface area contributed by atoms with E-state index in [4.69, 9.17) is 0 Å². The number of hydrogen-bond acceptors (Lipinski definition) is 3. The summed E-state index contributed by atoms with van der Waals surface area (Å²) in [7, 11) is 0. The molecule has 1 saturated heterocycles. The van der Waals surface area contributed by atoms with Crippen LogP contribution in [0.1, 0.15) is 44.4 Å². The molecule has 3 atom stereocenters. The number of rotatable bonds is 4. The molecule has 1 heterocycles. The van der Waals surface area contributed by atoms with Crippen LogP contribution in [0.15, 0.2) is 24.3 Å². The zero-order valence-electron chi connectivity index (χ0n) is 14.3. The smallest absolute Gasteiger partial charge is 0.348 e. The van der Waals surface area contributed by atoms with Crippen molar-refractivity contribution in [2.24, 2.45) is 5.92 Å². The first-order valence-electron chi connectivity index (χ1n) is 8.11. The Kier molecular flexibility index (Phi) is 5.72. The Morgan fingerprint density at radius 2 is 1.84 bits per heavy atom. The van der Waals surface area contributed by atoms with E-state index < -0.39 is 23.8 Å². The van der Waals surface area contributed by atoms with E-state index in [0.29, 0.717) is 5.56 Å². The van der Waals surface area contributed by atoms with Crippen molar-refractivity contribution in [3.63, 3.8) is 0 Å². The molecule has 1 fully saturated rings. The van der Waals surface area contributed by atoms with Gasteiger partial charge in [-0.2, -0.15) is 13.2 Å². The van der Waals surface area contributed by atoms with Crippen LogP contribution in [0.3, 0.4) is 0 Å². The van der Waals surface area contributed by atoms with Gasteiger partial charge in [0.05, 0.1) is 30.2 Å². The van der Waals surface area contributed by atoms with Gasteiger partial charge < -0.3 is 10.6 Å². The first kappa shape index (κ1) is 19.2. The summed E-state index contributed by atoms with van der Waals surface area (Å²) < 4.78 is 38.1. The van der Waals surface area contributed by atoms with Gasteiger partial charge in [0.15, 0.2) is 0 Å². The normalized spacial score (nSPS) is 22.4. The molecule has 0 radical (unpaired) electrons. The van der Waals surface area contributed by atoms with E-state index in [-0.39, 0.29) is 30.3 Å². The Balaban J connectivity index is 2.13. The third kappa shape index (κ3) is 4.94. The van der Waals surface area contributed by atoms with Gasteiger partial charge in [-0.3, -0.25) is 14.9 Å². The monoisotopic (exact) mass is 357 g/mol. The summed E-state index contributed by atoms with van der Waals surface area (Å²) >= 11 is 0. The van der Waals surface area contributed by atoms with Crippen LogP contribution in [-0.4, -0.2) is 24.0 Å². The molecule has 2 rings (SSSR count). The molecule has 1 aliphatic heterocycles. The summed E-state index contributed by atoms with van der Waals surface area (Å²) in [5.41, 5.74) is -0.144. The summed E-state index contributed by atoms with van der Waals surface area (Å²) in [5.74, 6) is -0.599. The van der Waals surface area contributed by atoms with Crippen LogP contribution >= 0.6 is 0 Å². The van der Waals surface area contributed by atoms with Crippen LogP contribution in [0.25, 0.3) is 0 Å². The fourth-order valence-electron chi connectivity index (χ4n) is 2.82. The van der Waals surface area contributed by atoms with Gasteiger partial charge in [-0.05, 0) is 30.5 Å². The Morgan fingerprint density at radius 3 is 2.32 bits per heavy atom. The number of carbonyl (C=O) groups excluding carboxylic acids is 2. The highest BCUT2D eigenvalue weighted by Gasteiger charge is 2.32. The Morgan fingerprint density at radius 1 is 1.24 bits per heavy atom. The van der Waals surface area contributed by atoms with E-state index in [2.05, 4.69) is 16.0 Å². The van der Waals surface area contributed by atoms with Gasteiger partial charge in [0.2, 0.25) is 11.8 Å². The molecule has 0 bridgehead atoms. The zero-order valence-corrected chi connectivity index (χ0v) is 14.3. The van der Waals surface area contributed by atoms with Gasteiger partial charge in [0.25, 0.3) is 0 Å². The van der Waals surface area contributed by atoms with Gasteiger partial charge >= 0.3 is 6.18 Å². The molecule has 2 amide bonds. The van der Waals surface area contributed by atoms with Crippen LogP contribution in [0, 0.1) is 5.92 Å². The summed E-state index contributed by atoms with van der Waals surface area (Å²) in [6.07, 6.45) is -4.70. The van der Waals surface area contributed by atoms with E-state index >= 15 is 0 Å².